The fourth-order valence-corrected chi connectivity index (χ4v) is 6.68. The van der Waals surface area contributed by atoms with Crippen molar-refractivity contribution in [3.8, 4) is 23.1 Å². The number of aromatic nitrogens is 3. The van der Waals surface area contributed by atoms with Crippen LogP contribution in [0.5, 0.6) is 11.5 Å². The molecule has 10 nitrogen and oxygen atoms in total. The number of aryl methyl sites for hydroxylation is 1. The molecule has 0 radical (unpaired) electrons. The molecule has 45 heavy (non-hydrogen) atoms. The zero-order valence-corrected chi connectivity index (χ0v) is 26.1. The number of benzene rings is 2. The van der Waals surface area contributed by atoms with Crippen LogP contribution in [-0.2, 0) is 23.6 Å². The van der Waals surface area contributed by atoms with Gasteiger partial charge in [-0.25, -0.2) is 19.2 Å². The van der Waals surface area contributed by atoms with Crippen LogP contribution in [0.4, 0.5) is 4.39 Å². The zero-order chi connectivity index (χ0) is 31.5. The minimum Gasteiger partial charge on any atom is -0.476 e. The predicted octanol–water partition coefficient (Wildman–Crippen LogP) is 6.46. The van der Waals surface area contributed by atoms with Crippen molar-refractivity contribution < 1.29 is 32.9 Å². The molecule has 0 saturated carbocycles. The highest BCUT2D eigenvalue weighted by Gasteiger charge is 2.43. The van der Waals surface area contributed by atoms with Gasteiger partial charge in [-0.15, -0.1) is 0 Å². The lowest BCUT2D eigenvalue weighted by Gasteiger charge is -2.33. The van der Waals surface area contributed by atoms with E-state index in [1.807, 2.05) is 19.1 Å². The smallest absolute Gasteiger partial charge is 0.358 e. The highest BCUT2D eigenvalue weighted by atomic mass is 35.5. The number of hydrogen-bond donors (Lipinski definition) is 1. The molecule has 0 aliphatic carbocycles. The van der Waals surface area contributed by atoms with Crippen LogP contribution in [0.1, 0.15) is 71.0 Å². The molecule has 1 N–H and O–H groups in total. The minimum absolute atomic E-state index is 0.106. The molecule has 5 heterocycles. The van der Waals surface area contributed by atoms with E-state index in [1.165, 1.54) is 6.07 Å². The molecule has 0 unspecified atom stereocenters. The minimum atomic E-state index is -1.29. The molecule has 4 aromatic rings. The van der Waals surface area contributed by atoms with Gasteiger partial charge in [0.2, 0.25) is 5.89 Å². The number of imidazole rings is 1. The average molecular weight is 637 g/mol. The Kier molecular flexibility index (Phi) is 7.58. The molecule has 236 valence electrons. The molecule has 0 spiro atoms. The molecule has 12 heteroatoms. The lowest BCUT2D eigenvalue weighted by Crippen LogP contribution is -2.35. The number of carboxylic acid groups (broad SMARTS) is 1. The van der Waals surface area contributed by atoms with E-state index in [2.05, 4.69) is 20.5 Å². The van der Waals surface area contributed by atoms with Gasteiger partial charge in [0, 0.05) is 29.8 Å². The molecule has 0 bridgehead atoms. The normalized spacial score (nSPS) is 21.7. The highest BCUT2D eigenvalue weighted by Crippen LogP contribution is 2.50. The van der Waals surface area contributed by atoms with Gasteiger partial charge in [0.15, 0.2) is 17.2 Å². The summed E-state index contributed by atoms with van der Waals surface area (Å²) < 4.78 is 41.0. The van der Waals surface area contributed by atoms with Crippen LogP contribution >= 0.6 is 11.6 Å². The van der Waals surface area contributed by atoms with Gasteiger partial charge in [-0.3, -0.25) is 4.90 Å². The Labute approximate surface area is 264 Å². The average Bonchev–Trinajstić information content (AvgIpc) is 3.63. The summed E-state index contributed by atoms with van der Waals surface area (Å²) >= 11 is 5.98. The molecule has 2 fully saturated rings. The van der Waals surface area contributed by atoms with Gasteiger partial charge in [0.1, 0.15) is 23.1 Å². The third-order valence-electron chi connectivity index (χ3n) is 9.11. The second kappa shape index (κ2) is 11.5. The number of ether oxygens (including phenoxy) is 3. The standard InChI is InChI=1S/C33H34ClFN4O6/c1-18-28(31-37-29(32(40)41)19(2)43-31)36-27(39(18)16-22-11-14-42-22)17-38-12-9-20(10-13-38)23-5-4-6-26-30(23)45-33(3,44-26)24-8-7-21(34)15-25(24)35/h4-8,15,20,22H,9-14,16-17H2,1-3H3,(H,40,41)/t22-,33-/m0/s1. The van der Waals surface area contributed by atoms with Crippen molar-refractivity contribution in [3.05, 3.63) is 81.3 Å². The number of carbonyl (C=O) groups is 1. The fourth-order valence-electron chi connectivity index (χ4n) is 6.52. The third kappa shape index (κ3) is 5.47. The number of nitrogens with zero attached hydrogens (tertiary/aromatic N) is 4. The predicted molar refractivity (Wildman–Crippen MR) is 162 cm³/mol. The van der Waals surface area contributed by atoms with Crippen molar-refractivity contribution in [2.75, 3.05) is 19.7 Å². The largest absolute Gasteiger partial charge is 0.476 e. The Morgan fingerprint density at radius 1 is 1.13 bits per heavy atom. The van der Waals surface area contributed by atoms with E-state index in [4.69, 9.17) is 35.2 Å². The summed E-state index contributed by atoms with van der Waals surface area (Å²) in [6.45, 7) is 8.97. The molecule has 7 rings (SSSR count). The van der Waals surface area contributed by atoms with Crippen LogP contribution in [0.2, 0.25) is 5.02 Å². The molecule has 2 atom stereocenters. The van der Waals surface area contributed by atoms with Crippen LogP contribution < -0.4 is 9.47 Å². The van der Waals surface area contributed by atoms with Gasteiger partial charge in [-0.2, -0.15) is 0 Å². The van der Waals surface area contributed by atoms with E-state index < -0.39 is 17.6 Å². The molecule has 2 aromatic carbocycles. The molecule has 2 saturated heterocycles. The van der Waals surface area contributed by atoms with Gasteiger partial charge in [-0.05, 0) is 76.4 Å². The van der Waals surface area contributed by atoms with E-state index in [0.29, 0.717) is 40.9 Å². The SMILES string of the molecule is Cc1oc(-c2nc(CN3CCC(c4cccc5c4O[C@@](C)(c4ccc(Cl)cc4F)O5)CC3)n(C[C@@H]3CCO3)c2C)nc1C(=O)O. The highest BCUT2D eigenvalue weighted by molar-refractivity contribution is 6.30. The van der Waals surface area contributed by atoms with Crippen molar-refractivity contribution in [1.29, 1.82) is 0 Å². The number of halogens is 2. The van der Waals surface area contributed by atoms with Gasteiger partial charge in [0.05, 0.1) is 24.8 Å². The van der Waals surface area contributed by atoms with Gasteiger partial charge < -0.3 is 28.3 Å². The summed E-state index contributed by atoms with van der Waals surface area (Å²) in [5, 5.41) is 9.79. The molecule has 3 aliphatic heterocycles. The van der Waals surface area contributed by atoms with Crippen LogP contribution in [-0.4, -0.2) is 56.3 Å². The summed E-state index contributed by atoms with van der Waals surface area (Å²) in [7, 11) is 0. The maximum Gasteiger partial charge on any atom is 0.358 e. The van der Waals surface area contributed by atoms with Crippen molar-refractivity contribution in [2.45, 2.75) is 70.9 Å². The number of piperidine rings is 1. The van der Waals surface area contributed by atoms with Gasteiger partial charge in [0.25, 0.3) is 5.79 Å². The molecule has 3 aliphatic rings. The van der Waals surface area contributed by atoms with Crippen molar-refractivity contribution >= 4 is 17.6 Å². The van der Waals surface area contributed by atoms with E-state index in [9.17, 15) is 14.3 Å². The number of likely N-dealkylation sites (tertiary alicyclic amines) is 1. The lowest BCUT2D eigenvalue weighted by molar-refractivity contribution is -0.0712. The number of oxazole rings is 1. The number of para-hydroxylation sites is 1. The fraction of sp³-hybridized carbons (Fsp3) is 0.424. The van der Waals surface area contributed by atoms with E-state index in [1.54, 1.807) is 26.0 Å². The van der Waals surface area contributed by atoms with Crippen LogP contribution in [0.25, 0.3) is 11.6 Å². The Morgan fingerprint density at radius 3 is 2.58 bits per heavy atom. The first-order valence-corrected chi connectivity index (χ1v) is 15.5. The Morgan fingerprint density at radius 2 is 1.91 bits per heavy atom. The van der Waals surface area contributed by atoms with Crippen molar-refractivity contribution in [2.24, 2.45) is 0 Å². The number of hydrogen-bond acceptors (Lipinski definition) is 8. The number of carboxylic acids is 1. The molecular formula is C33H34ClFN4O6. The Hall–Kier alpha value is -3.93. The number of fused-ring (bicyclic) bond motifs is 1. The Bertz CT molecular complexity index is 1780. The van der Waals surface area contributed by atoms with Crippen molar-refractivity contribution in [3.63, 3.8) is 0 Å². The number of aromatic carboxylic acids is 1. The summed E-state index contributed by atoms with van der Waals surface area (Å²) in [6, 6.07) is 10.4. The van der Waals surface area contributed by atoms with E-state index in [0.717, 1.165) is 56.0 Å². The first-order valence-electron chi connectivity index (χ1n) is 15.2. The second-order valence-electron chi connectivity index (χ2n) is 12.1. The molecule has 0 amide bonds. The molecular weight excluding hydrogens is 603 g/mol. The van der Waals surface area contributed by atoms with Crippen molar-refractivity contribution in [1.82, 2.24) is 19.4 Å². The van der Waals surface area contributed by atoms with Gasteiger partial charge >= 0.3 is 5.97 Å². The zero-order valence-electron chi connectivity index (χ0n) is 25.3. The monoisotopic (exact) mass is 636 g/mol. The number of rotatable bonds is 8. The topological polar surface area (TPSA) is 112 Å². The van der Waals surface area contributed by atoms with E-state index in [-0.39, 0.29) is 29.4 Å². The lowest BCUT2D eigenvalue weighted by atomic mass is 9.88. The summed E-state index contributed by atoms with van der Waals surface area (Å²) in [6.07, 6.45) is 2.89. The van der Waals surface area contributed by atoms with Gasteiger partial charge in [-0.1, -0.05) is 23.7 Å². The summed E-state index contributed by atoms with van der Waals surface area (Å²) in [4.78, 5) is 23.1. The van der Waals surface area contributed by atoms with Crippen LogP contribution in [0.3, 0.4) is 0 Å². The Balaban J connectivity index is 1.08. The maximum absolute atomic E-state index is 14.8. The quantitative estimate of drug-likeness (QED) is 0.233. The summed E-state index contributed by atoms with van der Waals surface area (Å²) in [5.41, 5.74) is 2.66. The van der Waals surface area contributed by atoms with Crippen LogP contribution in [0.15, 0.2) is 40.8 Å². The first kappa shape index (κ1) is 29.8. The van der Waals surface area contributed by atoms with Crippen LogP contribution in [0, 0.1) is 19.7 Å². The van der Waals surface area contributed by atoms with E-state index >= 15 is 0 Å². The summed E-state index contributed by atoms with van der Waals surface area (Å²) in [5.74, 6) is -0.0865. The first-order chi connectivity index (χ1) is 21.6. The maximum atomic E-state index is 14.8. The molecule has 2 aromatic heterocycles. The third-order valence-corrected chi connectivity index (χ3v) is 9.34. The second-order valence-corrected chi connectivity index (χ2v) is 12.5.